The standard InChI is InChI=1S/C17H16N2O6/c1-3-24-16(22)11(17(23)25-4-2)9-19-12-8-13(20)14-10(15(12)21)6-5-7-18-14/h5-9,19H,3-4H2,1-2H3. The van der Waals surface area contributed by atoms with Crippen LogP contribution >= 0.6 is 0 Å². The molecule has 1 aromatic rings. The Bertz CT molecular complexity index is 774. The van der Waals surface area contributed by atoms with Crippen LogP contribution in [0, 0.1) is 0 Å². The van der Waals surface area contributed by atoms with E-state index < -0.39 is 29.1 Å². The molecule has 25 heavy (non-hydrogen) atoms. The van der Waals surface area contributed by atoms with Gasteiger partial charge in [-0.05, 0) is 26.0 Å². The maximum Gasteiger partial charge on any atom is 0.347 e. The van der Waals surface area contributed by atoms with Gasteiger partial charge >= 0.3 is 11.9 Å². The summed E-state index contributed by atoms with van der Waals surface area (Å²) in [6.45, 7) is 3.30. The lowest BCUT2D eigenvalue weighted by molar-refractivity contribution is -0.146. The van der Waals surface area contributed by atoms with Crippen LogP contribution in [0.1, 0.15) is 34.7 Å². The van der Waals surface area contributed by atoms with Crippen molar-refractivity contribution in [3.8, 4) is 0 Å². The lowest BCUT2D eigenvalue weighted by Crippen LogP contribution is -2.27. The Balaban J connectivity index is 2.28. The molecule has 1 aliphatic carbocycles. The van der Waals surface area contributed by atoms with E-state index >= 15 is 0 Å². The number of Topliss-reactive ketones (excluding diaryl/α,β-unsaturated/α-hetero) is 1. The van der Waals surface area contributed by atoms with E-state index in [1.54, 1.807) is 13.8 Å². The Morgan fingerprint density at radius 3 is 2.40 bits per heavy atom. The summed E-state index contributed by atoms with van der Waals surface area (Å²) in [5, 5.41) is 2.52. The van der Waals surface area contributed by atoms with Crippen LogP contribution in [-0.2, 0) is 19.1 Å². The molecule has 0 unspecified atom stereocenters. The quantitative estimate of drug-likeness (QED) is 0.351. The fourth-order valence-corrected chi connectivity index (χ4v) is 2.07. The topological polar surface area (TPSA) is 112 Å². The number of fused-ring (bicyclic) bond motifs is 1. The first-order chi connectivity index (χ1) is 12.0. The first-order valence-corrected chi connectivity index (χ1v) is 7.56. The highest BCUT2D eigenvalue weighted by Gasteiger charge is 2.27. The summed E-state index contributed by atoms with van der Waals surface area (Å²) in [4.78, 5) is 52.0. The molecule has 0 aromatic carbocycles. The minimum atomic E-state index is -0.897. The Kier molecular flexibility index (Phi) is 5.78. The van der Waals surface area contributed by atoms with Gasteiger partial charge in [0.05, 0.1) is 24.5 Å². The molecule has 8 heteroatoms. The summed E-state index contributed by atoms with van der Waals surface area (Å²) in [6, 6.07) is 3.00. The van der Waals surface area contributed by atoms with Crippen molar-refractivity contribution in [2.75, 3.05) is 13.2 Å². The van der Waals surface area contributed by atoms with Crippen molar-refractivity contribution in [1.29, 1.82) is 0 Å². The van der Waals surface area contributed by atoms with E-state index in [4.69, 9.17) is 9.47 Å². The second kappa shape index (κ2) is 8.00. The number of nitrogens with one attached hydrogen (secondary N) is 1. The number of allylic oxidation sites excluding steroid dienone is 2. The maximum absolute atomic E-state index is 12.4. The zero-order valence-corrected chi connectivity index (χ0v) is 13.7. The van der Waals surface area contributed by atoms with Crippen molar-refractivity contribution in [3.63, 3.8) is 0 Å². The molecule has 0 bridgehead atoms. The first kappa shape index (κ1) is 18.1. The Hall–Kier alpha value is -3.29. The molecule has 0 amide bonds. The van der Waals surface area contributed by atoms with Crippen molar-refractivity contribution < 1.29 is 28.7 Å². The smallest absolute Gasteiger partial charge is 0.347 e. The highest BCUT2D eigenvalue weighted by Crippen LogP contribution is 2.18. The van der Waals surface area contributed by atoms with Crippen molar-refractivity contribution in [2.24, 2.45) is 0 Å². The summed E-state index contributed by atoms with van der Waals surface area (Å²) in [5.74, 6) is -2.73. The summed E-state index contributed by atoms with van der Waals surface area (Å²) in [7, 11) is 0. The predicted molar refractivity (Wildman–Crippen MR) is 85.5 cm³/mol. The maximum atomic E-state index is 12.4. The SMILES string of the molecule is CCOC(=O)C(=CNC1=CC(=O)c2ncccc2C1=O)C(=O)OCC. The number of pyridine rings is 1. The third-order valence-electron chi connectivity index (χ3n) is 3.17. The minimum absolute atomic E-state index is 0.0537. The Morgan fingerprint density at radius 2 is 1.80 bits per heavy atom. The van der Waals surface area contributed by atoms with Gasteiger partial charge in [-0.1, -0.05) is 0 Å². The normalized spacial score (nSPS) is 12.6. The molecule has 1 aromatic heterocycles. The molecule has 0 fully saturated rings. The van der Waals surface area contributed by atoms with Gasteiger partial charge in [0.25, 0.3) is 0 Å². The summed E-state index contributed by atoms with van der Waals surface area (Å²) >= 11 is 0. The Labute approximate surface area is 143 Å². The van der Waals surface area contributed by atoms with Gasteiger partial charge in [-0.25, -0.2) is 9.59 Å². The monoisotopic (exact) mass is 344 g/mol. The number of hydrogen-bond acceptors (Lipinski definition) is 8. The lowest BCUT2D eigenvalue weighted by atomic mass is 9.97. The highest BCUT2D eigenvalue weighted by molar-refractivity contribution is 6.23. The summed E-state index contributed by atoms with van der Waals surface area (Å²) in [5.41, 5.74) is -0.309. The number of ether oxygens (including phenoxy) is 2. The number of hydrogen-bond donors (Lipinski definition) is 1. The summed E-state index contributed by atoms with van der Waals surface area (Å²) in [6.07, 6.45) is 3.46. The number of carbonyl (C=O) groups is 4. The van der Waals surface area contributed by atoms with E-state index in [0.29, 0.717) is 0 Å². The molecular weight excluding hydrogens is 328 g/mol. The van der Waals surface area contributed by atoms with Crippen LogP contribution in [0.5, 0.6) is 0 Å². The van der Waals surface area contributed by atoms with Crippen molar-refractivity contribution in [2.45, 2.75) is 13.8 Å². The van der Waals surface area contributed by atoms with E-state index in [1.165, 1.54) is 18.3 Å². The minimum Gasteiger partial charge on any atom is -0.462 e. The van der Waals surface area contributed by atoms with Gasteiger partial charge in [0.1, 0.15) is 5.69 Å². The number of nitrogens with zero attached hydrogens (tertiary/aromatic N) is 1. The van der Waals surface area contributed by atoms with E-state index in [-0.39, 0.29) is 30.2 Å². The molecule has 0 atom stereocenters. The molecule has 1 heterocycles. The molecule has 8 nitrogen and oxygen atoms in total. The number of ketones is 2. The van der Waals surface area contributed by atoms with Gasteiger partial charge in [0, 0.05) is 18.5 Å². The van der Waals surface area contributed by atoms with Gasteiger partial charge in [-0.2, -0.15) is 0 Å². The molecule has 0 saturated heterocycles. The first-order valence-electron chi connectivity index (χ1n) is 7.56. The zero-order valence-electron chi connectivity index (χ0n) is 13.7. The largest absolute Gasteiger partial charge is 0.462 e. The third kappa shape index (κ3) is 3.97. The van der Waals surface area contributed by atoms with E-state index in [0.717, 1.165) is 12.3 Å². The van der Waals surface area contributed by atoms with Gasteiger partial charge in [0.15, 0.2) is 5.57 Å². The molecule has 2 rings (SSSR count). The molecular formula is C17H16N2O6. The van der Waals surface area contributed by atoms with Gasteiger partial charge < -0.3 is 14.8 Å². The van der Waals surface area contributed by atoms with Crippen LogP contribution in [0.3, 0.4) is 0 Å². The number of esters is 2. The van der Waals surface area contributed by atoms with Crippen molar-refractivity contribution in [3.05, 3.63) is 53.1 Å². The van der Waals surface area contributed by atoms with Gasteiger partial charge in [-0.3, -0.25) is 14.6 Å². The van der Waals surface area contributed by atoms with Crippen molar-refractivity contribution in [1.82, 2.24) is 10.3 Å². The van der Waals surface area contributed by atoms with Gasteiger partial charge in [-0.15, -0.1) is 0 Å². The average molecular weight is 344 g/mol. The molecule has 130 valence electrons. The number of aromatic nitrogens is 1. The number of rotatable bonds is 6. The molecule has 1 N–H and O–H groups in total. The fourth-order valence-electron chi connectivity index (χ4n) is 2.07. The van der Waals surface area contributed by atoms with Crippen LogP contribution in [0.4, 0.5) is 0 Å². The molecule has 0 aliphatic heterocycles. The molecule has 0 saturated carbocycles. The van der Waals surface area contributed by atoms with E-state index in [9.17, 15) is 19.2 Å². The Morgan fingerprint density at radius 1 is 1.16 bits per heavy atom. The predicted octanol–water partition coefficient (Wildman–Crippen LogP) is 0.944. The zero-order chi connectivity index (χ0) is 18.4. The second-order valence-corrected chi connectivity index (χ2v) is 4.79. The summed E-state index contributed by atoms with van der Waals surface area (Å²) < 4.78 is 9.57. The van der Waals surface area contributed by atoms with Crippen LogP contribution in [0.15, 0.2) is 41.9 Å². The van der Waals surface area contributed by atoms with Crippen molar-refractivity contribution >= 4 is 23.5 Å². The second-order valence-electron chi connectivity index (χ2n) is 4.79. The van der Waals surface area contributed by atoms with Gasteiger partial charge in [0.2, 0.25) is 11.6 Å². The molecule has 0 spiro atoms. The van der Waals surface area contributed by atoms with Crippen LogP contribution in [-0.4, -0.2) is 41.7 Å². The van der Waals surface area contributed by atoms with E-state index in [2.05, 4.69) is 10.3 Å². The van der Waals surface area contributed by atoms with Crippen LogP contribution < -0.4 is 5.32 Å². The molecule has 0 radical (unpaired) electrons. The molecule has 1 aliphatic rings. The lowest BCUT2D eigenvalue weighted by Gasteiger charge is -2.14. The third-order valence-corrected chi connectivity index (χ3v) is 3.17. The van der Waals surface area contributed by atoms with E-state index in [1.807, 2.05) is 0 Å². The fraction of sp³-hybridized carbons (Fsp3) is 0.235. The van der Waals surface area contributed by atoms with Crippen LogP contribution in [0.2, 0.25) is 0 Å². The average Bonchev–Trinajstić information content (AvgIpc) is 2.60. The number of carbonyl (C=O) groups excluding carboxylic acids is 4. The highest BCUT2D eigenvalue weighted by atomic mass is 16.6. The van der Waals surface area contributed by atoms with Crippen LogP contribution in [0.25, 0.3) is 0 Å².